The van der Waals surface area contributed by atoms with E-state index < -0.39 is 0 Å². The van der Waals surface area contributed by atoms with Crippen LogP contribution in [0.4, 0.5) is 5.82 Å². The first-order valence-electron chi connectivity index (χ1n) is 11.2. The topological polar surface area (TPSA) is 61.3 Å². The Kier molecular flexibility index (Phi) is 5.72. The largest absolute Gasteiger partial charge is 0.394 e. The Balaban J connectivity index is 1.30. The van der Waals surface area contributed by atoms with E-state index >= 15 is 0 Å². The number of hydrogen-bond acceptors (Lipinski definition) is 6. The van der Waals surface area contributed by atoms with Crippen molar-refractivity contribution in [2.24, 2.45) is 5.92 Å². The first-order chi connectivity index (χ1) is 14.8. The normalized spacial score (nSPS) is 19.6. The van der Waals surface area contributed by atoms with Crippen molar-refractivity contribution < 1.29 is 5.11 Å². The average Bonchev–Trinajstić information content (AvgIpc) is 3.46. The van der Waals surface area contributed by atoms with Gasteiger partial charge in [-0.15, -0.1) is 11.3 Å². The molecular weight excluding hydrogens is 392 g/mol. The maximum absolute atomic E-state index is 9.85. The summed E-state index contributed by atoms with van der Waals surface area (Å²) in [5, 5.41) is 17.0. The molecule has 0 spiro atoms. The van der Waals surface area contributed by atoms with Crippen LogP contribution in [0.3, 0.4) is 0 Å². The molecule has 30 heavy (non-hydrogen) atoms. The molecule has 2 aromatic heterocycles. The molecular formula is C24H30N4OS. The van der Waals surface area contributed by atoms with Gasteiger partial charge in [0.25, 0.3) is 0 Å². The van der Waals surface area contributed by atoms with Gasteiger partial charge in [0.1, 0.15) is 17.0 Å². The second-order valence-corrected chi connectivity index (χ2v) is 9.71. The second kappa shape index (κ2) is 8.61. The van der Waals surface area contributed by atoms with Crippen LogP contribution in [0.15, 0.2) is 42.0 Å². The molecule has 1 aliphatic heterocycles. The number of anilines is 1. The van der Waals surface area contributed by atoms with Crippen LogP contribution in [0.25, 0.3) is 21.3 Å². The quantitative estimate of drug-likeness (QED) is 0.614. The fourth-order valence-corrected chi connectivity index (χ4v) is 5.99. The highest BCUT2D eigenvalue weighted by molar-refractivity contribution is 7.17. The van der Waals surface area contributed by atoms with Gasteiger partial charge < -0.3 is 15.3 Å². The summed E-state index contributed by atoms with van der Waals surface area (Å²) in [5.41, 5.74) is 2.45. The molecule has 1 aliphatic carbocycles. The number of aromatic nitrogens is 2. The molecule has 1 saturated carbocycles. The highest BCUT2D eigenvalue weighted by atomic mass is 32.1. The average molecular weight is 423 g/mol. The number of nitrogens with zero attached hydrogens (tertiary/aromatic N) is 3. The molecule has 158 valence electrons. The van der Waals surface area contributed by atoms with Crippen LogP contribution in [-0.4, -0.2) is 46.9 Å². The van der Waals surface area contributed by atoms with Crippen LogP contribution >= 0.6 is 11.3 Å². The standard InChI is InChI=1S/C24H30N4OS/c29-16-24(10-4-5-11-24)27-14-18-8-12-28(13-9-18)22-21-20(19-6-2-1-3-7-19)15-30-23(21)26-17-25-22/h1-3,6-7,15,17-18,27,29H,4-5,8-14,16H2. The third kappa shape index (κ3) is 3.84. The number of fused-ring (bicyclic) bond motifs is 1. The molecule has 0 unspecified atom stereocenters. The molecule has 2 N–H and O–H groups in total. The van der Waals surface area contributed by atoms with E-state index in [1.54, 1.807) is 17.7 Å². The molecule has 5 nitrogen and oxygen atoms in total. The van der Waals surface area contributed by atoms with E-state index in [9.17, 15) is 5.11 Å². The lowest BCUT2D eigenvalue weighted by Gasteiger charge is -2.36. The van der Waals surface area contributed by atoms with E-state index in [4.69, 9.17) is 4.98 Å². The van der Waals surface area contributed by atoms with Crippen molar-refractivity contribution in [1.29, 1.82) is 0 Å². The number of benzene rings is 1. The molecule has 0 atom stereocenters. The van der Waals surface area contributed by atoms with Crippen molar-refractivity contribution in [3.8, 4) is 11.1 Å². The third-order valence-electron chi connectivity index (χ3n) is 6.98. The Bertz CT molecular complexity index is 975. The molecule has 5 rings (SSSR count). The van der Waals surface area contributed by atoms with Crippen molar-refractivity contribution in [3.05, 3.63) is 42.0 Å². The number of aliphatic hydroxyl groups excluding tert-OH is 1. The van der Waals surface area contributed by atoms with Gasteiger partial charge >= 0.3 is 0 Å². The van der Waals surface area contributed by atoms with Crippen molar-refractivity contribution in [3.63, 3.8) is 0 Å². The van der Waals surface area contributed by atoms with Crippen molar-refractivity contribution in [2.45, 2.75) is 44.1 Å². The zero-order valence-electron chi connectivity index (χ0n) is 17.4. The summed E-state index contributed by atoms with van der Waals surface area (Å²) in [7, 11) is 0. The van der Waals surface area contributed by atoms with Crippen molar-refractivity contribution in [1.82, 2.24) is 15.3 Å². The SMILES string of the molecule is OCC1(NCC2CCN(c3ncnc4scc(-c5ccccc5)c34)CC2)CCCC1. The summed E-state index contributed by atoms with van der Waals surface area (Å²) >= 11 is 1.70. The Morgan fingerprint density at radius 1 is 1.10 bits per heavy atom. The molecule has 3 aromatic rings. The molecule has 3 heterocycles. The van der Waals surface area contributed by atoms with Crippen LogP contribution < -0.4 is 10.2 Å². The van der Waals surface area contributed by atoms with Gasteiger partial charge in [0.15, 0.2) is 0 Å². The first-order valence-corrected chi connectivity index (χ1v) is 12.0. The van der Waals surface area contributed by atoms with Gasteiger partial charge in [0.05, 0.1) is 12.0 Å². The van der Waals surface area contributed by atoms with Crippen LogP contribution in [0, 0.1) is 5.92 Å². The summed E-state index contributed by atoms with van der Waals surface area (Å²) in [6.45, 7) is 3.33. The number of thiophene rings is 1. The summed E-state index contributed by atoms with van der Waals surface area (Å²) in [6.07, 6.45) is 8.72. The second-order valence-electron chi connectivity index (χ2n) is 8.85. The summed E-state index contributed by atoms with van der Waals surface area (Å²) < 4.78 is 0. The van der Waals surface area contributed by atoms with E-state index in [0.29, 0.717) is 5.92 Å². The minimum Gasteiger partial charge on any atom is -0.394 e. The smallest absolute Gasteiger partial charge is 0.141 e. The third-order valence-corrected chi connectivity index (χ3v) is 7.86. The van der Waals surface area contributed by atoms with E-state index in [2.05, 4.69) is 50.9 Å². The fraction of sp³-hybridized carbons (Fsp3) is 0.500. The van der Waals surface area contributed by atoms with Gasteiger partial charge in [0.2, 0.25) is 0 Å². The predicted molar refractivity (Wildman–Crippen MR) is 124 cm³/mol. The molecule has 0 amide bonds. The van der Waals surface area contributed by atoms with E-state index in [1.165, 1.54) is 29.4 Å². The Morgan fingerprint density at radius 2 is 1.87 bits per heavy atom. The molecule has 0 bridgehead atoms. The van der Waals surface area contributed by atoms with Gasteiger partial charge in [-0.2, -0.15) is 0 Å². The highest BCUT2D eigenvalue weighted by Gasteiger charge is 2.33. The number of nitrogens with one attached hydrogen (secondary N) is 1. The van der Waals surface area contributed by atoms with E-state index in [1.807, 2.05) is 0 Å². The van der Waals surface area contributed by atoms with Gasteiger partial charge in [0, 0.05) is 29.6 Å². The predicted octanol–water partition coefficient (Wildman–Crippen LogP) is 4.47. The minimum atomic E-state index is -0.0167. The number of hydrogen-bond donors (Lipinski definition) is 2. The molecule has 1 saturated heterocycles. The van der Waals surface area contributed by atoms with Gasteiger partial charge in [-0.1, -0.05) is 43.2 Å². The monoisotopic (exact) mass is 422 g/mol. The molecule has 2 aliphatic rings. The lowest BCUT2D eigenvalue weighted by Crippen LogP contribution is -2.49. The summed E-state index contributed by atoms with van der Waals surface area (Å²) in [5.74, 6) is 1.74. The van der Waals surface area contributed by atoms with E-state index in [-0.39, 0.29) is 12.1 Å². The van der Waals surface area contributed by atoms with Crippen LogP contribution in [0.1, 0.15) is 38.5 Å². The van der Waals surface area contributed by atoms with Crippen molar-refractivity contribution in [2.75, 3.05) is 31.1 Å². The maximum Gasteiger partial charge on any atom is 0.141 e. The van der Waals surface area contributed by atoms with Crippen molar-refractivity contribution >= 4 is 27.4 Å². The number of piperidine rings is 1. The Hall–Kier alpha value is -2.02. The highest BCUT2D eigenvalue weighted by Crippen LogP contribution is 2.38. The lowest BCUT2D eigenvalue weighted by molar-refractivity contribution is 0.156. The van der Waals surface area contributed by atoms with Gasteiger partial charge in [-0.3, -0.25) is 0 Å². The zero-order valence-corrected chi connectivity index (χ0v) is 18.2. The van der Waals surface area contributed by atoms with Crippen LogP contribution in [0.2, 0.25) is 0 Å². The lowest BCUT2D eigenvalue weighted by atomic mass is 9.93. The molecule has 2 fully saturated rings. The van der Waals surface area contributed by atoms with Crippen LogP contribution in [-0.2, 0) is 0 Å². The first kappa shape index (κ1) is 19.9. The molecule has 0 radical (unpaired) electrons. The van der Waals surface area contributed by atoms with Crippen LogP contribution in [0.5, 0.6) is 0 Å². The van der Waals surface area contributed by atoms with E-state index in [0.717, 1.165) is 56.0 Å². The summed E-state index contributed by atoms with van der Waals surface area (Å²) in [6, 6.07) is 10.6. The molecule has 6 heteroatoms. The fourth-order valence-electron chi connectivity index (χ4n) is 5.08. The molecule has 1 aromatic carbocycles. The van der Waals surface area contributed by atoms with Gasteiger partial charge in [-0.05, 0) is 43.7 Å². The summed E-state index contributed by atoms with van der Waals surface area (Å²) in [4.78, 5) is 12.8. The number of rotatable bonds is 6. The number of aliphatic hydroxyl groups is 1. The minimum absolute atomic E-state index is 0.0167. The van der Waals surface area contributed by atoms with Gasteiger partial charge in [-0.25, -0.2) is 9.97 Å². The maximum atomic E-state index is 9.85. The Labute approximate surface area is 182 Å². The Morgan fingerprint density at radius 3 is 2.60 bits per heavy atom. The zero-order chi connectivity index (χ0) is 20.4.